The van der Waals surface area contributed by atoms with E-state index < -0.39 is 0 Å². The molecule has 1 atom stereocenters. The van der Waals surface area contributed by atoms with Gasteiger partial charge in [-0.3, -0.25) is 0 Å². The second-order valence-electron chi connectivity index (χ2n) is 7.35. The summed E-state index contributed by atoms with van der Waals surface area (Å²) in [5.41, 5.74) is 1.50. The molecule has 0 radical (unpaired) electrons. The highest BCUT2D eigenvalue weighted by Gasteiger charge is 2.30. The lowest BCUT2D eigenvalue weighted by Crippen LogP contribution is -2.43. The van der Waals surface area contributed by atoms with Crippen molar-refractivity contribution in [2.75, 3.05) is 31.1 Å². The highest BCUT2D eigenvalue weighted by Crippen LogP contribution is 2.32. The SMILES string of the molecule is Cc1nc(N2CCC(C(C)N3CCCC3)CC2)c2c(C)noc2n1. The van der Waals surface area contributed by atoms with E-state index in [2.05, 4.69) is 26.9 Å². The quantitative estimate of drug-likeness (QED) is 0.863. The maximum Gasteiger partial charge on any atom is 0.263 e. The lowest BCUT2D eigenvalue weighted by molar-refractivity contribution is 0.167. The molecule has 0 saturated carbocycles. The lowest BCUT2D eigenvalue weighted by Gasteiger charge is -2.38. The number of anilines is 1. The molecule has 0 amide bonds. The van der Waals surface area contributed by atoms with Gasteiger partial charge in [0.2, 0.25) is 0 Å². The van der Waals surface area contributed by atoms with Gasteiger partial charge in [-0.25, -0.2) is 4.98 Å². The maximum absolute atomic E-state index is 5.35. The predicted molar refractivity (Wildman–Crippen MR) is 94.3 cm³/mol. The van der Waals surface area contributed by atoms with Crippen LogP contribution in [0.4, 0.5) is 5.82 Å². The summed E-state index contributed by atoms with van der Waals surface area (Å²) in [5.74, 6) is 2.55. The molecule has 2 aromatic rings. The van der Waals surface area contributed by atoms with E-state index in [9.17, 15) is 0 Å². The third kappa shape index (κ3) is 2.77. The predicted octanol–water partition coefficient (Wildman–Crippen LogP) is 2.94. The maximum atomic E-state index is 5.35. The van der Waals surface area contributed by atoms with Gasteiger partial charge in [0.05, 0.1) is 5.69 Å². The van der Waals surface area contributed by atoms with Crippen molar-refractivity contribution in [2.45, 2.75) is 52.5 Å². The molecule has 4 heterocycles. The average molecular weight is 329 g/mol. The van der Waals surface area contributed by atoms with Crippen LogP contribution in [0.2, 0.25) is 0 Å². The summed E-state index contributed by atoms with van der Waals surface area (Å²) in [7, 11) is 0. The van der Waals surface area contributed by atoms with Crippen molar-refractivity contribution in [3.05, 3.63) is 11.5 Å². The van der Waals surface area contributed by atoms with Crippen LogP contribution in [0, 0.1) is 19.8 Å². The largest absolute Gasteiger partial charge is 0.356 e. The van der Waals surface area contributed by atoms with Gasteiger partial charge in [-0.05, 0) is 65.5 Å². The van der Waals surface area contributed by atoms with Gasteiger partial charge in [-0.15, -0.1) is 0 Å². The monoisotopic (exact) mass is 329 g/mol. The van der Waals surface area contributed by atoms with E-state index in [1.165, 1.54) is 38.8 Å². The average Bonchev–Trinajstić information content (AvgIpc) is 3.24. The van der Waals surface area contributed by atoms with E-state index in [-0.39, 0.29) is 0 Å². The molecule has 2 fully saturated rings. The highest BCUT2D eigenvalue weighted by atomic mass is 16.5. The van der Waals surface area contributed by atoms with Crippen LogP contribution < -0.4 is 4.90 Å². The molecule has 0 bridgehead atoms. The summed E-state index contributed by atoms with van der Waals surface area (Å²) < 4.78 is 5.35. The third-order valence-corrected chi connectivity index (χ3v) is 5.84. The van der Waals surface area contributed by atoms with E-state index in [1.807, 2.05) is 13.8 Å². The molecule has 0 spiro atoms. The standard InChI is InChI=1S/C18H27N5O/c1-12-16-17(19-14(3)20-18(16)24-21-12)23-10-6-15(7-11-23)13(2)22-8-4-5-9-22/h13,15H,4-11H2,1-3H3. The molecule has 2 saturated heterocycles. The Morgan fingerprint density at radius 2 is 1.75 bits per heavy atom. The molecule has 2 aliphatic rings. The molecule has 24 heavy (non-hydrogen) atoms. The number of piperidine rings is 1. The molecule has 0 N–H and O–H groups in total. The minimum Gasteiger partial charge on any atom is -0.356 e. The number of fused-ring (bicyclic) bond motifs is 1. The molecule has 2 aromatic heterocycles. The van der Waals surface area contributed by atoms with E-state index in [0.29, 0.717) is 11.8 Å². The van der Waals surface area contributed by atoms with Gasteiger partial charge in [0.1, 0.15) is 17.0 Å². The molecule has 6 heteroatoms. The van der Waals surface area contributed by atoms with Crippen LogP contribution >= 0.6 is 0 Å². The normalized spacial score (nSPS) is 21.7. The minimum atomic E-state index is 0.613. The number of likely N-dealkylation sites (tertiary alicyclic amines) is 1. The Labute approximate surface area is 143 Å². The van der Waals surface area contributed by atoms with E-state index in [1.54, 1.807) is 0 Å². The number of hydrogen-bond donors (Lipinski definition) is 0. The molecular formula is C18H27N5O. The number of aryl methyl sites for hydroxylation is 2. The van der Waals surface area contributed by atoms with Crippen molar-refractivity contribution in [3.8, 4) is 0 Å². The molecule has 4 rings (SSSR count). The lowest BCUT2D eigenvalue weighted by atomic mass is 9.89. The van der Waals surface area contributed by atoms with Gasteiger partial charge in [-0.1, -0.05) is 5.16 Å². The zero-order chi connectivity index (χ0) is 16.7. The van der Waals surface area contributed by atoms with E-state index in [4.69, 9.17) is 9.51 Å². The Morgan fingerprint density at radius 3 is 2.46 bits per heavy atom. The first-order valence-corrected chi connectivity index (χ1v) is 9.23. The highest BCUT2D eigenvalue weighted by molar-refractivity contribution is 5.88. The molecule has 0 aromatic carbocycles. The Hall–Kier alpha value is -1.69. The summed E-state index contributed by atoms with van der Waals surface area (Å²) in [6.45, 7) is 11.0. The zero-order valence-electron chi connectivity index (χ0n) is 15.0. The first-order chi connectivity index (χ1) is 11.6. The van der Waals surface area contributed by atoms with Crippen molar-refractivity contribution < 1.29 is 4.52 Å². The Bertz CT molecular complexity index is 714. The van der Waals surface area contributed by atoms with Gasteiger partial charge < -0.3 is 14.3 Å². The van der Waals surface area contributed by atoms with E-state index in [0.717, 1.165) is 41.7 Å². The van der Waals surface area contributed by atoms with E-state index >= 15 is 0 Å². The number of aromatic nitrogens is 3. The van der Waals surface area contributed by atoms with Crippen molar-refractivity contribution in [3.63, 3.8) is 0 Å². The molecule has 1 unspecified atom stereocenters. The zero-order valence-corrected chi connectivity index (χ0v) is 15.0. The van der Waals surface area contributed by atoms with Crippen LogP contribution in [0.5, 0.6) is 0 Å². The Kier molecular flexibility index (Phi) is 4.16. The minimum absolute atomic E-state index is 0.613. The Balaban J connectivity index is 1.51. The second kappa shape index (κ2) is 6.31. The molecule has 130 valence electrons. The van der Waals surface area contributed by atoms with Gasteiger partial charge in [0, 0.05) is 19.1 Å². The van der Waals surface area contributed by atoms with Crippen molar-refractivity contribution in [1.82, 2.24) is 20.0 Å². The number of rotatable bonds is 3. The molecule has 0 aliphatic carbocycles. The van der Waals surface area contributed by atoms with Crippen LogP contribution in [-0.2, 0) is 0 Å². The third-order valence-electron chi connectivity index (χ3n) is 5.84. The van der Waals surface area contributed by atoms with Gasteiger partial charge in [-0.2, -0.15) is 4.98 Å². The Morgan fingerprint density at radius 1 is 1.04 bits per heavy atom. The second-order valence-corrected chi connectivity index (χ2v) is 7.35. The fourth-order valence-electron chi connectivity index (χ4n) is 4.34. The van der Waals surface area contributed by atoms with Crippen LogP contribution in [0.3, 0.4) is 0 Å². The topological polar surface area (TPSA) is 58.3 Å². The molecule has 6 nitrogen and oxygen atoms in total. The number of nitrogens with zero attached hydrogens (tertiary/aromatic N) is 5. The summed E-state index contributed by atoms with van der Waals surface area (Å²) in [6.07, 6.45) is 5.20. The molecular weight excluding hydrogens is 302 g/mol. The summed E-state index contributed by atoms with van der Waals surface area (Å²) in [4.78, 5) is 14.2. The molecule has 2 aliphatic heterocycles. The fourth-order valence-corrected chi connectivity index (χ4v) is 4.34. The van der Waals surface area contributed by atoms with Gasteiger partial charge >= 0.3 is 0 Å². The first kappa shape index (κ1) is 15.8. The van der Waals surface area contributed by atoms with Crippen molar-refractivity contribution >= 4 is 16.9 Å². The summed E-state index contributed by atoms with van der Waals surface area (Å²) in [5, 5.41) is 5.06. The van der Waals surface area contributed by atoms with Crippen LogP contribution in [0.15, 0.2) is 4.52 Å². The van der Waals surface area contributed by atoms with Gasteiger partial charge in [0.25, 0.3) is 5.71 Å². The van der Waals surface area contributed by atoms with Crippen LogP contribution in [-0.4, -0.2) is 52.2 Å². The first-order valence-electron chi connectivity index (χ1n) is 9.23. The summed E-state index contributed by atoms with van der Waals surface area (Å²) >= 11 is 0. The van der Waals surface area contributed by atoms with Gasteiger partial charge in [0.15, 0.2) is 0 Å². The smallest absolute Gasteiger partial charge is 0.263 e. The van der Waals surface area contributed by atoms with Crippen LogP contribution in [0.25, 0.3) is 11.1 Å². The fraction of sp³-hybridized carbons (Fsp3) is 0.722. The number of hydrogen-bond acceptors (Lipinski definition) is 6. The van der Waals surface area contributed by atoms with Crippen molar-refractivity contribution in [1.29, 1.82) is 0 Å². The van der Waals surface area contributed by atoms with Crippen LogP contribution in [0.1, 0.15) is 44.1 Å². The summed E-state index contributed by atoms with van der Waals surface area (Å²) in [6, 6.07) is 0.708. The van der Waals surface area contributed by atoms with Crippen molar-refractivity contribution in [2.24, 2.45) is 5.92 Å².